The SMILES string of the molecule is O=C1Nc2cc(OCCCCN3CCN(c4cccc5c4CCO5)CC3)ccc2[C@@H]2CC[C@H]12. The number of nitrogens with zero attached hydrogens (tertiary/aromatic N) is 2. The summed E-state index contributed by atoms with van der Waals surface area (Å²) in [5.41, 5.74) is 4.99. The minimum atomic E-state index is 0.181. The molecule has 1 amide bonds. The van der Waals surface area contributed by atoms with Crippen molar-refractivity contribution >= 4 is 17.3 Å². The van der Waals surface area contributed by atoms with Crippen molar-refractivity contribution in [3.63, 3.8) is 0 Å². The molecule has 0 spiro atoms. The van der Waals surface area contributed by atoms with Crippen LogP contribution in [0.25, 0.3) is 0 Å². The molecule has 1 N–H and O–H groups in total. The number of rotatable bonds is 7. The van der Waals surface area contributed by atoms with Gasteiger partial charge in [0, 0.05) is 61.5 Å². The van der Waals surface area contributed by atoms with Crippen LogP contribution in [0.15, 0.2) is 36.4 Å². The van der Waals surface area contributed by atoms with Gasteiger partial charge in [0.05, 0.1) is 13.2 Å². The fourth-order valence-corrected chi connectivity index (χ4v) is 5.81. The average Bonchev–Trinajstić information content (AvgIpc) is 3.28. The summed E-state index contributed by atoms with van der Waals surface area (Å²) in [4.78, 5) is 17.3. The number of anilines is 2. The van der Waals surface area contributed by atoms with Gasteiger partial charge < -0.3 is 19.7 Å². The van der Waals surface area contributed by atoms with E-state index in [-0.39, 0.29) is 11.8 Å². The molecule has 2 fully saturated rings. The van der Waals surface area contributed by atoms with E-state index in [9.17, 15) is 4.79 Å². The van der Waals surface area contributed by atoms with Crippen LogP contribution in [0.2, 0.25) is 0 Å². The number of hydrogen-bond donors (Lipinski definition) is 1. The number of ether oxygens (including phenoxy) is 2. The maximum atomic E-state index is 12.2. The molecule has 0 bridgehead atoms. The van der Waals surface area contributed by atoms with Crippen molar-refractivity contribution in [3.8, 4) is 11.5 Å². The van der Waals surface area contributed by atoms with Crippen molar-refractivity contribution in [2.45, 2.75) is 38.0 Å². The fraction of sp³-hybridized carbons (Fsp3) is 0.519. The molecule has 1 saturated heterocycles. The van der Waals surface area contributed by atoms with Crippen LogP contribution in [0.4, 0.5) is 11.4 Å². The van der Waals surface area contributed by atoms with Crippen LogP contribution in [0, 0.1) is 5.92 Å². The van der Waals surface area contributed by atoms with Crippen LogP contribution in [-0.2, 0) is 11.2 Å². The van der Waals surface area contributed by atoms with Gasteiger partial charge in [-0.2, -0.15) is 0 Å². The number of carbonyl (C=O) groups excluding carboxylic acids is 1. The highest BCUT2D eigenvalue weighted by Crippen LogP contribution is 2.49. The number of nitrogens with one attached hydrogen (secondary N) is 1. The second kappa shape index (κ2) is 8.90. The second-order valence-electron chi connectivity index (χ2n) is 9.77. The first-order chi connectivity index (χ1) is 16.3. The monoisotopic (exact) mass is 447 g/mol. The lowest BCUT2D eigenvalue weighted by atomic mass is 9.67. The first-order valence-corrected chi connectivity index (χ1v) is 12.6. The number of piperazine rings is 1. The van der Waals surface area contributed by atoms with Crippen molar-refractivity contribution < 1.29 is 14.3 Å². The van der Waals surface area contributed by atoms with E-state index in [0.717, 1.165) is 95.2 Å². The molecular weight excluding hydrogens is 414 g/mol. The van der Waals surface area contributed by atoms with Gasteiger partial charge in [-0.25, -0.2) is 0 Å². The standard InChI is InChI=1S/C27H33N3O3/c31-27-22-9-8-20(22)21-7-6-19(18-24(21)28-27)32-16-2-1-11-29-12-14-30(15-13-29)25-4-3-5-26-23(25)10-17-33-26/h3-7,18,20,22H,1-2,8-17H2,(H,28,31)/t20-,22-/m0/s1. The highest BCUT2D eigenvalue weighted by Gasteiger charge is 2.42. The summed E-state index contributed by atoms with van der Waals surface area (Å²) in [6.07, 6.45) is 5.36. The Hall–Kier alpha value is -2.73. The van der Waals surface area contributed by atoms with Crippen LogP contribution in [0.1, 0.15) is 42.7 Å². The number of carbonyl (C=O) groups is 1. The molecule has 2 aromatic rings. The summed E-state index contributed by atoms with van der Waals surface area (Å²) in [6, 6.07) is 12.7. The maximum Gasteiger partial charge on any atom is 0.228 e. The van der Waals surface area contributed by atoms with Crippen molar-refractivity contribution in [2.75, 3.05) is 56.2 Å². The zero-order chi connectivity index (χ0) is 22.2. The van der Waals surface area contributed by atoms with Crippen LogP contribution in [-0.4, -0.2) is 56.7 Å². The average molecular weight is 448 g/mol. The quantitative estimate of drug-likeness (QED) is 0.649. The molecule has 1 saturated carbocycles. The Bertz CT molecular complexity index is 1030. The van der Waals surface area contributed by atoms with Gasteiger partial charge >= 0.3 is 0 Å². The largest absolute Gasteiger partial charge is 0.494 e. The van der Waals surface area contributed by atoms with Gasteiger partial charge in [-0.1, -0.05) is 12.1 Å². The second-order valence-corrected chi connectivity index (χ2v) is 9.77. The Morgan fingerprint density at radius 1 is 1.03 bits per heavy atom. The minimum absolute atomic E-state index is 0.181. The molecule has 3 aliphatic heterocycles. The van der Waals surface area contributed by atoms with E-state index in [2.05, 4.69) is 45.4 Å². The third kappa shape index (κ3) is 4.05. The van der Waals surface area contributed by atoms with Gasteiger partial charge in [0.15, 0.2) is 0 Å². The molecule has 3 heterocycles. The molecule has 6 heteroatoms. The van der Waals surface area contributed by atoms with E-state index in [1.165, 1.54) is 16.8 Å². The van der Waals surface area contributed by atoms with Crippen molar-refractivity contribution in [1.29, 1.82) is 0 Å². The fourth-order valence-electron chi connectivity index (χ4n) is 5.81. The number of amides is 1. The summed E-state index contributed by atoms with van der Waals surface area (Å²) in [5, 5.41) is 3.07. The molecule has 6 nitrogen and oxygen atoms in total. The normalized spacial score (nSPS) is 23.6. The number of fused-ring (bicyclic) bond motifs is 4. The maximum absolute atomic E-state index is 12.2. The van der Waals surface area contributed by atoms with Crippen LogP contribution >= 0.6 is 0 Å². The summed E-state index contributed by atoms with van der Waals surface area (Å²) >= 11 is 0. The number of hydrogen-bond acceptors (Lipinski definition) is 5. The lowest BCUT2D eigenvalue weighted by molar-refractivity contribution is -0.123. The minimum Gasteiger partial charge on any atom is -0.494 e. The van der Waals surface area contributed by atoms with Gasteiger partial charge in [-0.05, 0) is 61.9 Å². The van der Waals surface area contributed by atoms with Gasteiger partial charge in [0.25, 0.3) is 0 Å². The molecule has 2 atom stereocenters. The Balaban J connectivity index is 0.929. The zero-order valence-electron chi connectivity index (χ0n) is 19.2. The van der Waals surface area contributed by atoms with Gasteiger partial charge in [0.2, 0.25) is 5.91 Å². The van der Waals surface area contributed by atoms with E-state index < -0.39 is 0 Å². The molecule has 6 rings (SSSR count). The predicted molar refractivity (Wildman–Crippen MR) is 130 cm³/mol. The van der Waals surface area contributed by atoms with E-state index in [1.54, 1.807) is 0 Å². The van der Waals surface area contributed by atoms with Gasteiger partial charge in [-0.3, -0.25) is 9.69 Å². The Kier molecular flexibility index (Phi) is 5.62. The molecular formula is C27H33N3O3. The van der Waals surface area contributed by atoms with Crippen molar-refractivity contribution in [2.24, 2.45) is 5.92 Å². The predicted octanol–water partition coefficient (Wildman–Crippen LogP) is 4.05. The summed E-state index contributed by atoms with van der Waals surface area (Å²) in [5.74, 6) is 2.72. The third-order valence-corrected chi connectivity index (χ3v) is 7.86. The van der Waals surface area contributed by atoms with E-state index in [1.807, 2.05) is 6.07 Å². The smallest absolute Gasteiger partial charge is 0.228 e. The van der Waals surface area contributed by atoms with Gasteiger partial charge in [-0.15, -0.1) is 0 Å². The van der Waals surface area contributed by atoms with Crippen LogP contribution < -0.4 is 19.7 Å². The third-order valence-electron chi connectivity index (χ3n) is 7.86. The highest BCUT2D eigenvalue weighted by atomic mass is 16.5. The van der Waals surface area contributed by atoms with E-state index >= 15 is 0 Å². The van der Waals surface area contributed by atoms with Gasteiger partial charge in [0.1, 0.15) is 11.5 Å². The van der Waals surface area contributed by atoms with Crippen LogP contribution in [0.3, 0.4) is 0 Å². The summed E-state index contributed by atoms with van der Waals surface area (Å²) in [6.45, 7) is 7.03. The molecule has 2 aromatic carbocycles. The summed E-state index contributed by atoms with van der Waals surface area (Å²) < 4.78 is 11.7. The molecule has 4 aliphatic rings. The van der Waals surface area contributed by atoms with Crippen LogP contribution in [0.5, 0.6) is 11.5 Å². The molecule has 0 aromatic heterocycles. The Labute approximate surface area is 195 Å². The number of benzene rings is 2. The Morgan fingerprint density at radius 3 is 2.76 bits per heavy atom. The lowest BCUT2D eigenvalue weighted by Crippen LogP contribution is -2.46. The molecule has 0 unspecified atom stereocenters. The summed E-state index contributed by atoms with van der Waals surface area (Å²) in [7, 11) is 0. The zero-order valence-corrected chi connectivity index (χ0v) is 19.2. The molecule has 174 valence electrons. The first-order valence-electron chi connectivity index (χ1n) is 12.6. The lowest BCUT2D eigenvalue weighted by Gasteiger charge is -2.40. The molecule has 33 heavy (non-hydrogen) atoms. The topological polar surface area (TPSA) is 54.0 Å². The van der Waals surface area contributed by atoms with Crippen molar-refractivity contribution in [3.05, 3.63) is 47.5 Å². The van der Waals surface area contributed by atoms with Crippen molar-refractivity contribution in [1.82, 2.24) is 4.90 Å². The number of unbranched alkanes of at least 4 members (excludes halogenated alkanes) is 1. The van der Waals surface area contributed by atoms with E-state index in [4.69, 9.17) is 9.47 Å². The first kappa shape index (κ1) is 20.8. The Morgan fingerprint density at radius 2 is 1.91 bits per heavy atom. The highest BCUT2D eigenvalue weighted by molar-refractivity contribution is 5.97. The molecule has 0 radical (unpaired) electrons. The molecule has 1 aliphatic carbocycles. The van der Waals surface area contributed by atoms with E-state index in [0.29, 0.717) is 5.92 Å².